The molecule has 142 valence electrons. The second kappa shape index (κ2) is 9.12. The number of nitrogens with one attached hydrogen (secondary N) is 1. The third-order valence-electron chi connectivity index (χ3n) is 4.35. The molecule has 0 unspecified atom stereocenters. The summed E-state index contributed by atoms with van der Waals surface area (Å²) < 4.78 is 16.7. The average molecular weight is 367 g/mol. The van der Waals surface area contributed by atoms with Crippen LogP contribution >= 0.6 is 0 Å². The molecule has 1 atom stereocenters. The molecule has 2 aromatic rings. The Balaban J connectivity index is 1.65. The summed E-state index contributed by atoms with van der Waals surface area (Å²) in [4.78, 5) is 12.4. The van der Waals surface area contributed by atoms with Crippen LogP contribution in [-0.2, 0) is 4.79 Å². The standard InChI is InChI=1S/C22H25NO4/c1-3-13-26-20-10-8-16(15-21(20)25-2)9-11-22(24)23-18-12-14-27-19-7-5-4-6-17(18)19/h4-11,15,18H,3,12-14H2,1-2H3,(H,23,24)/b11-9+/t18-/m0/s1. The Bertz CT molecular complexity index is 816. The van der Waals surface area contributed by atoms with Crippen molar-refractivity contribution in [2.45, 2.75) is 25.8 Å². The second-order valence-corrected chi connectivity index (χ2v) is 6.33. The van der Waals surface area contributed by atoms with Gasteiger partial charge in [-0.3, -0.25) is 4.79 Å². The van der Waals surface area contributed by atoms with Gasteiger partial charge in [-0.2, -0.15) is 0 Å². The lowest BCUT2D eigenvalue weighted by Gasteiger charge is -2.26. The molecule has 0 radical (unpaired) electrons. The summed E-state index contributed by atoms with van der Waals surface area (Å²) in [5.74, 6) is 2.07. The zero-order valence-electron chi connectivity index (χ0n) is 15.7. The van der Waals surface area contributed by atoms with Crippen LogP contribution in [0.3, 0.4) is 0 Å². The van der Waals surface area contributed by atoms with Gasteiger partial charge in [0.2, 0.25) is 5.91 Å². The molecular formula is C22H25NO4. The maximum absolute atomic E-state index is 12.4. The van der Waals surface area contributed by atoms with E-state index in [1.807, 2.05) is 42.5 Å². The molecule has 2 aromatic carbocycles. The molecule has 3 rings (SSSR count). The molecule has 1 aliphatic rings. The first kappa shape index (κ1) is 18.8. The number of carbonyl (C=O) groups excluding carboxylic acids is 1. The molecule has 5 nitrogen and oxygen atoms in total. The van der Waals surface area contributed by atoms with Crippen molar-refractivity contribution in [2.75, 3.05) is 20.3 Å². The lowest BCUT2D eigenvalue weighted by Crippen LogP contribution is -2.30. The maximum atomic E-state index is 12.4. The fraction of sp³-hybridized carbons (Fsp3) is 0.318. The summed E-state index contributed by atoms with van der Waals surface area (Å²) in [5.41, 5.74) is 1.89. The van der Waals surface area contributed by atoms with E-state index in [4.69, 9.17) is 14.2 Å². The Morgan fingerprint density at radius 2 is 2.11 bits per heavy atom. The Labute approximate surface area is 159 Å². The molecule has 0 fully saturated rings. The van der Waals surface area contributed by atoms with Crippen LogP contribution in [0.2, 0.25) is 0 Å². The Morgan fingerprint density at radius 1 is 1.26 bits per heavy atom. The molecule has 1 aliphatic heterocycles. The van der Waals surface area contributed by atoms with Gasteiger partial charge in [0.15, 0.2) is 11.5 Å². The fourth-order valence-electron chi connectivity index (χ4n) is 3.00. The number of benzene rings is 2. The van der Waals surface area contributed by atoms with E-state index < -0.39 is 0 Å². The molecule has 1 N–H and O–H groups in total. The number of para-hydroxylation sites is 1. The molecule has 0 bridgehead atoms. The van der Waals surface area contributed by atoms with Crippen LogP contribution in [-0.4, -0.2) is 26.2 Å². The highest BCUT2D eigenvalue weighted by Crippen LogP contribution is 2.31. The minimum absolute atomic E-state index is 0.0357. The van der Waals surface area contributed by atoms with Gasteiger partial charge in [-0.1, -0.05) is 31.2 Å². The zero-order chi connectivity index (χ0) is 19.1. The molecule has 0 spiro atoms. The molecule has 0 saturated carbocycles. The van der Waals surface area contributed by atoms with E-state index in [9.17, 15) is 4.79 Å². The summed E-state index contributed by atoms with van der Waals surface area (Å²) in [6, 6.07) is 13.4. The topological polar surface area (TPSA) is 56.8 Å². The minimum Gasteiger partial charge on any atom is -0.493 e. The van der Waals surface area contributed by atoms with Crippen LogP contribution in [0, 0.1) is 0 Å². The third kappa shape index (κ3) is 4.82. The van der Waals surface area contributed by atoms with Crippen molar-refractivity contribution in [3.05, 3.63) is 59.7 Å². The van der Waals surface area contributed by atoms with Gasteiger partial charge in [0.25, 0.3) is 0 Å². The smallest absolute Gasteiger partial charge is 0.244 e. The Kier molecular flexibility index (Phi) is 6.36. The second-order valence-electron chi connectivity index (χ2n) is 6.33. The molecule has 0 aromatic heterocycles. The minimum atomic E-state index is -0.137. The van der Waals surface area contributed by atoms with E-state index in [1.165, 1.54) is 0 Å². The van der Waals surface area contributed by atoms with Gasteiger partial charge in [0.1, 0.15) is 5.75 Å². The van der Waals surface area contributed by atoms with Crippen molar-refractivity contribution in [2.24, 2.45) is 0 Å². The van der Waals surface area contributed by atoms with E-state index in [0.717, 1.165) is 29.7 Å². The molecule has 0 saturated heterocycles. The van der Waals surface area contributed by atoms with Crippen LogP contribution in [0.4, 0.5) is 0 Å². The molecule has 5 heteroatoms. The van der Waals surface area contributed by atoms with Gasteiger partial charge in [0, 0.05) is 18.1 Å². The zero-order valence-corrected chi connectivity index (χ0v) is 15.7. The van der Waals surface area contributed by atoms with Crippen LogP contribution in [0.5, 0.6) is 17.2 Å². The van der Waals surface area contributed by atoms with Crippen LogP contribution in [0.25, 0.3) is 6.08 Å². The molecule has 27 heavy (non-hydrogen) atoms. The van der Waals surface area contributed by atoms with E-state index >= 15 is 0 Å². The van der Waals surface area contributed by atoms with Crippen molar-refractivity contribution in [1.82, 2.24) is 5.32 Å². The fourth-order valence-corrected chi connectivity index (χ4v) is 3.00. The van der Waals surface area contributed by atoms with E-state index in [2.05, 4.69) is 12.2 Å². The summed E-state index contributed by atoms with van der Waals surface area (Å²) in [6.07, 6.45) is 5.00. The van der Waals surface area contributed by atoms with Gasteiger partial charge in [0.05, 0.1) is 26.4 Å². The summed E-state index contributed by atoms with van der Waals surface area (Å²) >= 11 is 0. The number of carbonyl (C=O) groups is 1. The number of amides is 1. The highest BCUT2D eigenvalue weighted by molar-refractivity contribution is 5.92. The van der Waals surface area contributed by atoms with Crippen LogP contribution < -0.4 is 19.5 Å². The van der Waals surface area contributed by atoms with Crippen LogP contribution in [0.1, 0.15) is 36.9 Å². The van der Waals surface area contributed by atoms with Gasteiger partial charge in [-0.25, -0.2) is 0 Å². The Morgan fingerprint density at radius 3 is 2.93 bits per heavy atom. The van der Waals surface area contributed by atoms with Gasteiger partial charge < -0.3 is 19.5 Å². The SMILES string of the molecule is CCCOc1ccc(/C=C/C(=O)N[C@H]2CCOc3ccccc32)cc1OC. The lowest BCUT2D eigenvalue weighted by molar-refractivity contribution is -0.117. The van der Waals surface area contributed by atoms with Crippen LogP contribution in [0.15, 0.2) is 48.5 Å². The normalized spacial score (nSPS) is 15.7. The maximum Gasteiger partial charge on any atom is 0.244 e. The number of rotatable bonds is 7. The van der Waals surface area contributed by atoms with Gasteiger partial charge in [-0.05, 0) is 36.3 Å². The van der Waals surface area contributed by atoms with E-state index in [1.54, 1.807) is 19.3 Å². The molecule has 1 amide bonds. The Hall–Kier alpha value is -2.95. The summed E-state index contributed by atoms with van der Waals surface area (Å²) in [5, 5.41) is 3.05. The van der Waals surface area contributed by atoms with Crippen molar-refractivity contribution < 1.29 is 19.0 Å². The average Bonchev–Trinajstić information content (AvgIpc) is 2.71. The first-order valence-electron chi connectivity index (χ1n) is 9.22. The summed E-state index contributed by atoms with van der Waals surface area (Å²) in [6.45, 7) is 3.29. The van der Waals surface area contributed by atoms with E-state index in [-0.39, 0.29) is 11.9 Å². The van der Waals surface area contributed by atoms with Crippen molar-refractivity contribution in [3.8, 4) is 17.2 Å². The lowest BCUT2D eigenvalue weighted by atomic mass is 10.0. The van der Waals surface area contributed by atoms with Crippen molar-refractivity contribution in [3.63, 3.8) is 0 Å². The number of hydrogen-bond donors (Lipinski definition) is 1. The molecule has 0 aliphatic carbocycles. The highest BCUT2D eigenvalue weighted by atomic mass is 16.5. The third-order valence-corrected chi connectivity index (χ3v) is 4.35. The monoisotopic (exact) mass is 367 g/mol. The number of fused-ring (bicyclic) bond motifs is 1. The number of hydrogen-bond acceptors (Lipinski definition) is 4. The first-order chi connectivity index (χ1) is 13.2. The predicted molar refractivity (Wildman–Crippen MR) is 105 cm³/mol. The van der Waals surface area contributed by atoms with Crippen molar-refractivity contribution in [1.29, 1.82) is 0 Å². The summed E-state index contributed by atoms with van der Waals surface area (Å²) in [7, 11) is 1.61. The van der Waals surface area contributed by atoms with E-state index in [0.29, 0.717) is 24.7 Å². The number of ether oxygens (including phenoxy) is 3. The quantitative estimate of drug-likeness (QED) is 0.748. The number of methoxy groups -OCH3 is 1. The predicted octanol–water partition coefficient (Wildman–Crippen LogP) is 4.14. The molecular weight excluding hydrogens is 342 g/mol. The van der Waals surface area contributed by atoms with Gasteiger partial charge >= 0.3 is 0 Å². The largest absolute Gasteiger partial charge is 0.493 e. The van der Waals surface area contributed by atoms with Gasteiger partial charge in [-0.15, -0.1) is 0 Å². The first-order valence-corrected chi connectivity index (χ1v) is 9.22. The highest BCUT2D eigenvalue weighted by Gasteiger charge is 2.21. The van der Waals surface area contributed by atoms with Crippen molar-refractivity contribution >= 4 is 12.0 Å². The molecule has 1 heterocycles.